The highest BCUT2D eigenvalue weighted by atomic mass is 19.1. The van der Waals surface area contributed by atoms with Gasteiger partial charge < -0.3 is 15.2 Å². The van der Waals surface area contributed by atoms with Crippen molar-refractivity contribution in [3.8, 4) is 5.75 Å². The third kappa shape index (κ3) is 5.17. The fraction of sp³-hybridized carbons (Fsp3) is 0.533. The molecule has 5 heteroatoms. The molecule has 0 fully saturated rings. The largest absolute Gasteiger partial charge is 0.494 e. The van der Waals surface area contributed by atoms with Gasteiger partial charge >= 0.3 is 0 Å². The Bertz CT molecular complexity index is 449. The van der Waals surface area contributed by atoms with Crippen LogP contribution >= 0.6 is 0 Å². The van der Waals surface area contributed by atoms with Crippen LogP contribution in [0.1, 0.15) is 25.8 Å². The van der Waals surface area contributed by atoms with E-state index in [0.29, 0.717) is 13.0 Å². The lowest BCUT2D eigenvalue weighted by atomic mass is 10.0. The number of carbonyl (C=O) groups is 1. The maximum absolute atomic E-state index is 13.2. The van der Waals surface area contributed by atoms with Crippen LogP contribution in [0.4, 0.5) is 4.39 Å². The summed E-state index contributed by atoms with van der Waals surface area (Å²) >= 11 is 0. The zero-order chi connectivity index (χ0) is 15.1. The molecule has 0 aliphatic rings. The SMILES string of the molecule is COc1cc(CCNC(=O)CC(O)C(C)C)ccc1F. The first-order valence-corrected chi connectivity index (χ1v) is 6.71. The van der Waals surface area contributed by atoms with Crippen LogP contribution in [0.25, 0.3) is 0 Å². The molecule has 20 heavy (non-hydrogen) atoms. The molecule has 0 heterocycles. The molecule has 1 aromatic rings. The van der Waals surface area contributed by atoms with Crippen LogP contribution in [-0.4, -0.2) is 30.8 Å². The first-order chi connectivity index (χ1) is 9.43. The standard InChI is InChI=1S/C15H22FNO3/c1-10(2)13(18)9-15(19)17-7-6-11-4-5-12(16)14(8-11)20-3/h4-5,8,10,13,18H,6-7,9H2,1-3H3,(H,17,19). The Morgan fingerprint density at radius 1 is 1.45 bits per heavy atom. The van der Waals surface area contributed by atoms with E-state index in [9.17, 15) is 14.3 Å². The molecule has 0 radical (unpaired) electrons. The topological polar surface area (TPSA) is 58.6 Å². The average Bonchev–Trinajstić information content (AvgIpc) is 2.40. The fourth-order valence-corrected chi connectivity index (χ4v) is 1.70. The summed E-state index contributed by atoms with van der Waals surface area (Å²) in [4.78, 5) is 11.6. The number of halogens is 1. The van der Waals surface area contributed by atoms with E-state index in [1.807, 2.05) is 13.8 Å². The average molecular weight is 283 g/mol. The van der Waals surface area contributed by atoms with Gasteiger partial charge in [0.05, 0.1) is 19.6 Å². The number of nitrogens with one attached hydrogen (secondary N) is 1. The third-order valence-corrected chi connectivity index (χ3v) is 3.12. The van der Waals surface area contributed by atoms with Crippen molar-refractivity contribution in [3.63, 3.8) is 0 Å². The zero-order valence-electron chi connectivity index (χ0n) is 12.1. The van der Waals surface area contributed by atoms with Crippen molar-refractivity contribution in [3.05, 3.63) is 29.6 Å². The van der Waals surface area contributed by atoms with Crippen molar-refractivity contribution in [1.82, 2.24) is 5.32 Å². The molecular weight excluding hydrogens is 261 g/mol. The number of hydrogen-bond donors (Lipinski definition) is 2. The maximum Gasteiger partial charge on any atom is 0.222 e. The Balaban J connectivity index is 2.39. The first kappa shape index (κ1) is 16.4. The summed E-state index contributed by atoms with van der Waals surface area (Å²) in [7, 11) is 1.41. The molecule has 0 saturated carbocycles. The number of aliphatic hydroxyl groups excluding tert-OH is 1. The van der Waals surface area contributed by atoms with Gasteiger partial charge in [-0.1, -0.05) is 19.9 Å². The molecule has 1 amide bonds. The summed E-state index contributed by atoms with van der Waals surface area (Å²) in [6, 6.07) is 4.62. The first-order valence-electron chi connectivity index (χ1n) is 6.71. The molecule has 0 spiro atoms. The molecule has 4 nitrogen and oxygen atoms in total. The number of hydrogen-bond acceptors (Lipinski definition) is 3. The number of amides is 1. The van der Waals surface area contributed by atoms with Crippen molar-refractivity contribution in [2.45, 2.75) is 32.8 Å². The van der Waals surface area contributed by atoms with E-state index in [-0.39, 0.29) is 24.0 Å². The van der Waals surface area contributed by atoms with Crippen molar-refractivity contribution >= 4 is 5.91 Å². The Hall–Kier alpha value is -1.62. The summed E-state index contributed by atoms with van der Waals surface area (Å²) in [6.45, 7) is 4.17. The number of benzene rings is 1. The van der Waals surface area contributed by atoms with Gasteiger partial charge in [0.25, 0.3) is 0 Å². The van der Waals surface area contributed by atoms with E-state index in [1.165, 1.54) is 13.2 Å². The lowest BCUT2D eigenvalue weighted by Gasteiger charge is -2.14. The smallest absolute Gasteiger partial charge is 0.222 e. The van der Waals surface area contributed by atoms with Gasteiger partial charge in [0.2, 0.25) is 5.91 Å². The van der Waals surface area contributed by atoms with E-state index >= 15 is 0 Å². The summed E-state index contributed by atoms with van der Waals surface area (Å²) in [5, 5.41) is 12.3. The lowest BCUT2D eigenvalue weighted by molar-refractivity contribution is -0.123. The number of carbonyl (C=O) groups excluding carboxylic acids is 1. The van der Waals surface area contributed by atoms with Gasteiger partial charge in [0, 0.05) is 6.54 Å². The van der Waals surface area contributed by atoms with Crippen molar-refractivity contribution in [2.24, 2.45) is 5.92 Å². The minimum Gasteiger partial charge on any atom is -0.494 e. The number of aliphatic hydroxyl groups is 1. The molecule has 1 rings (SSSR count). The van der Waals surface area contributed by atoms with Gasteiger partial charge in [0.15, 0.2) is 11.6 Å². The number of ether oxygens (including phenoxy) is 1. The molecule has 1 atom stereocenters. The predicted molar refractivity (Wildman–Crippen MR) is 75.1 cm³/mol. The fourth-order valence-electron chi connectivity index (χ4n) is 1.70. The van der Waals surface area contributed by atoms with Crippen LogP contribution in [0, 0.1) is 11.7 Å². The van der Waals surface area contributed by atoms with Gasteiger partial charge in [0.1, 0.15) is 0 Å². The highest BCUT2D eigenvalue weighted by molar-refractivity contribution is 5.76. The molecule has 1 aromatic carbocycles. The molecule has 0 saturated heterocycles. The van der Waals surface area contributed by atoms with E-state index in [4.69, 9.17) is 4.74 Å². The van der Waals surface area contributed by atoms with Gasteiger partial charge in [-0.15, -0.1) is 0 Å². The van der Waals surface area contributed by atoms with Crippen LogP contribution in [0.5, 0.6) is 5.75 Å². The zero-order valence-corrected chi connectivity index (χ0v) is 12.1. The second-order valence-electron chi connectivity index (χ2n) is 5.08. The summed E-state index contributed by atoms with van der Waals surface area (Å²) in [5.41, 5.74) is 0.882. The highest BCUT2D eigenvalue weighted by Gasteiger charge is 2.13. The van der Waals surface area contributed by atoms with Gasteiger partial charge in [-0.25, -0.2) is 4.39 Å². The second kappa shape index (κ2) is 7.85. The number of methoxy groups -OCH3 is 1. The molecule has 0 aliphatic carbocycles. The van der Waals surface area contributed by atoms with Crippen molar-refractivity contribution < 1.29 is 19.0 Å². The molecule has 1 unspecified atom stereocenters. The Labute approximate surface area is 119 Å². The van der Waals surface area contributed by atoms with Crippen LogP contribution in [0.3, 0.4) is 0 Å². The Morgan fingerprint density at radius 3 is 2.75 bits per heavy atom. The lowest BCUT2D eigenvalue weighted by Crippen LogP contribution is -2.30. The maximum atomic E-state index is 13.2. The van der Waals surface area contributed by atoms with Crippen molar-refractivity contribution in [2.75, 3.05) is 13.7 Å². The minimum absolute atomic E-state index is 0.0575. The number of rotatable bonds is 7. The molecule has 112 valence electrons. The van der Waals surface area contributed by atoms with E-state index < -0.39 is 11.9 Å². The van der Waals surface area contributed by atoms with Gasteiger partial charge in [-0.05, 0) is 30.0 Å². The molecule has 0 aliphatic heterocycles. The van der Waals surface area contributed by atoms with Crippen LogP contribution < -0.4 is 10.1 Å². The van der Waals surface area contributed by atoms with E-state index in [2.05, 4.69) is 5.32 Å². The molecule has 0 aromatic heterocycles. The molecule has 2 N–H and O–H groups in total. The molecular formula is C15H22FNO3. The highest BCUT2D eigenvalue weighted by Crippen LogP contribution is 2.18. The third-order valence-electron chi connectivity index (χ3n) is 3.12. The quantitative estimate of drug-likeness (QED) is 0.803. The second-order valence-corrected chi connectivity index (χ2v) is 5.08. The monoisotopic (exact) mass is 283 g/mol. The molecule has 0 bridgehead atoms. The minimum atomic E-state index is -0.624. The predicted octanol–water partition coefficient (Wildman–Crippen LogP) is 1.90. The van der Waals surface area contributed by atoms with Crippen LogP contribution in [0.2, 0.25) is 0 Å². The van der Waals surface area contributed by atoms with E-state index in [0.717, 1.165) is 5.56 Å². The van der Waals surface area contributed by atoms with E-state index in [1.54, 1.807) is 12.1 Å². The van der Waals surface area contributed by atoms with Crippen LogP contribution in [-0.2, 0) is 11.2 Å². The Kier molecular flexibility index (Phi) is 6.45. The van der Waals surface area contributed by atoms with Gasteiger partial charge in [-0.2, -0.15) is 0 Å². The summed E-state index contributed by atoms with van der Waals surface area (Å²) < 4.78 is 18.1. The van der Waals surface area contributed by atoms with Crippen LogP contribution in [0.15, 0.2) is 18.2 Å². The van der Waals surface area contributed by atoms with Crippen molar-refractivity contribution in [1.29, 1.82) is 0 Å². The normalized spacial score (nSPS) is 12.3. The summed E-state index contributed by atoms with van der Waals surface area (Å²) in [5.74, 6) is -0.327. The van der Waals surface area contributed by atoms with Gasteiger partial charge in [-0.3, -0.25) is 4.79 Å². The summed E-state index contributed by atoms with van der Waals surface area (Å²) in [6.07, 6.45) is 0.0609. The Morgan fingerprint density at radius 2 is 2.15 bits per heavy atom.